The molecule has 0 aliphatic carbocycles. The number of amides is 3. The Balaban J connectivity index is 1.78. The van der Waals surface area contributed by atoms with Crippen LogP contribution in [0.1, 0.15) is 20.3 Å². The Morgan fingerprint density at radius 2 is 2.32 bits per heavy atom. The normalized spacial score (nSPS) is 11.9. The van der Waals surface area contributed by atoms with Gasteiger partial charge < -0.3 is 5.32 Å². The average Bonchev–Trinajstić information content (AvgIpc) is 3.15. The summed E-state index contributed by atoms with van der Waals surface area (Å²) in [5.74, 6) is 0.371. The quantitative estimate of drug-likeness (QED) is 0.701. The first-order chi connectivity index (χ1) is 10.6. The van der Waals surface area contributed by atoms with Crippen LogP contribution in [0.2, 0.25) is 0 Å². The van der Waals surface area contributed by atoms with Gasteiger partial charge in [0.15, 0.2) is 5.82 Å². The van der Waals surface area contributed by atoms with Crippen molar-refractivity contribution in [1.82, 2.24) is 25.8 Å². The van der Waals surface area contributed by atoms with Gasteiger partial charge in [-0.1, -0.05) is 24.8 Å². The maximum absolute atomic E-state index is 11.7. The maximum Gasteiger partial charge on any atom is 0.321 e. The number of hydrogen-bond donors (Lipinski definition) is 3. The smallest absolute Gasteiger partial charge is 0.321 e. The molecule has 2 aromatic heterocycles. The molecular formula is C13H17N5O2S2. The number of thiophene rings is 1. The van der Waals surface area contributed by atoms with Crippen molar-refractivity contribution in [3.05, 3.63) is 17.5 Å². The van der Waals surface area contributed by atoms with Crippen LogP contribution in [0.25, 0.3) is 10.7 Å². The maximum atomic E-state index is 11.7. The van der Waals surface area contributed by atoms with Crippen LogP contribution in [0.15, 0.2) is 22.7 Å². The topological polar surface area (TPSA) is 99.8 Å². The largest absolute Gasteiger partial charge is 0.335 e. The summed E-state index contributed by atoms with van der Waals surface area (Å²) < 4.78 is 0. The van der Waals surface area contributed by atoms with E-state index in [9.17, 15) is 9.59 Å². The van der Waals surface area contributed by atoms with Gasteiger partial charge >= 0.3 is 6.03 Å². The summed E-state index contributed by atoms with van der Waals surface area (Å²) in [6.07, 6.45) is 0.805. The average molecular weight is 339 g/mol. The molecule has 3 N–H and O–H groups in total. The first-order valence-electron chi connectivity index (χ1n) is 6.78. The number of nitrogens with zero attached hydrogens (tertiary/aromatic N) is 2. The van der Waals surface area contributed by atoms with Gasteiger partial charge in [-0.3, -0.25) is 15.2 Å². The molecule has 118 valence electrons. The van der Waals surface area contributed by atoms with Gasteiger partial charge in [0.05, 0.1) is 10.6 Å². The number of nitrogens with one attached hydrogen (secondary N) is 3. The molecule has 2 rings (SSSR count). The number of imide groups is 1. The Morgan fingerprint density at radius 1 is 1.50 bits per heavy atom. The minimum absolute atomic E-state index is 0.0295. The van der Waals surface area contributed by atoms with E-state index in [2.05, 4.69) is 25.8 Å². The lowest BCUT2D eigenvalue weighted by atomic mass is 10.3. The summed E-state index contributed by atoms with van der Waals surface area (Å²) in [6.45, 7) is 3.83. The van der Waals surface area contributed by atoms with Gasteiger partial charge in [-0.25, -0.2) is 9.78 Å². The molecule has 0 bridgehead atoms. The lowest BCUT2D eigenvalue weighted by Gasteiger charge is -2.11. The molecule has 3 amide bonds. The van der Waals surface area contributed by atoms with E-state index in [1.165, 1.54) is 11.8 Å². The molecule has 1 atom stereocenters. The molecular weight excluding hydrogens is 322 g/mol. The van der Waals surface area contributed by atoms with Gasteiger partial charge in [0.2, 0.25) is 11.1 Å². The van der Waals surface area contributed by atoms with Crippen molar-refractivity contribution in [1.29, 1.82) is 0 Å². The number of urea groups is 1. The predicted molar refractivity (Wildman–Crippen MR) is 86.8 cm³/mol. The first kappa shape index (κ1) is 16.5. The van der Waals surface area contributed by atoms with E-state index < -0.39 is 6.03 Å². The van der Waals surface area contributed by atoms with E-state index in [0.29, 0.717) is 11.0 Å². The number of thioether (sulfide) groups is 1. The Bertz CT molecular complexity index is 626. The van der Waals surface area contributed by atoms with Crippen molar-refractivity contribution >= 4 is 35.0 Å². The van der Waals surface area contributed by atoms with Crippen molar-refractivity contribution in [3.63, 3.8) is 0 Å². The fraction of sp³-hybridized carbons (Fsp3) is 0.385. The number of rotatable bonds is 6. The fourth-order valence-corrected chi connectivity index (χ4v) is 2.75. The van der Waals surface area contributed by atoms with Crippen LogP contribution >= 0.6 is 23.1 Å². The third kappa shape index (κ3) is 4.85. The number of aromatic nitrogens is 3. The summed E-state index contributed by atoms with van der Waals surface area (Å²) in [5, 5.41) is 14.2. The molecule has 0 fully saturated rings. The Morgan fingerprint density at radius 3 is 3.00 bits per heavy atom. The zero-order valence-corrected chi connectivity index (χ0v) is 13.9. The minimum Gasteiger partial charge on any atom is -0.335 e. The number of H-pyrrole nitrogens is 1. The van der Waals surface area contributed by atoms with Crippen LogP contribution in [0.5, 0.6) is 0 Å². The highest BCUT2D eigenvalue weighted by Gasteiger charge is 2.12. The molecule has 22 heavy (non-hydrogen) atoms. The fourth-order valence-electron chi connectivity index (χ4n) is 1.49. The molecule has 0 unspecified atom stereocenters. The molecule has 0 saturated carbocycles. The van der Waals surface area contributed by atoms with Gasteiger partial charge in [-0.05, 0) is 24.8 Å². The van der Waals surface area contributed by atoms with E-state index in [1.807, 2.05) is 31.4 Å². The van der Waals surface area contributed by atoms with Crippen molar-refractivity contribution in [2.75, 3.05) is 5.75 Å². The zero-order chi connectivity index (χ0) is 15.9. The van der Waals surface area contributed by atoms with Crippen molar-refractivity contribution in [2.24, 2.45) is 0 Å². The lowest BCUT2D eigenvalue weighted by Crippen LogP contribution is -2.43. The van der Waals surface area contributed by atoms with Crippen LogP contribution < -0.4 is 10.6 Å². The van der Waals surface area contributed by atoms with Gasteiger partial charge in [-0.2, -0.15) is 0 Å². The second-order valence-electron chi connectivity index (χ2n) is 4.56. The Kier molecular flexibility index (Phi) is 5.96. The van der Waals surface area contributed by atoms with Crippen LogP contribution in [-0.2, 0) is 4.79 Å². The second-order valence-corrected chi connectivity index (χ2v) is 6.45. The molecule has 0 radical (unpaired) electrons. The molecule has 0 spiro atoms. The molecule has 2 heterocycles. The summed E-state index contributed by atoms with van der Waals surface area (Å²) in [5.41, 5.74) is 0. The van der Waals surface area contributed by atoms with Crippen LogP contribution in [-0.4, -0.2) is 38.9 Å². The molecule has 7 nitrogen and oxygen atoms in total. The number of hydrogen-bond acceptors (Lipinski definition) is 6. The van der Waals surface area contributed by atoms with E-state index in [-0.39, 0.29) is 17.7 Å². The van der Waals surface area contributed by atoms with Crippen LogP contribution in [0.4, 0.5) is 4.79 Å². The van der Waals surface area contributed by atoms with E-state index in [4.69, 9.17) is 0 Å². The second kappa shape index (κ2) is 7.95. The van der Waals surface area contributed by atoms with E-state index >= 15 is 0 Å². The predicted octanol–water partition coefficient (Wildman–Crippen LogP) is 2.25. The standard InChI is InChI=1S/C13H17N5O2S2/c1-3-8(2)14-12(20)15-10(19)7-22-13-16-11(17-18-13)9-5-4-6-21-9/h4-6,8H,3,7H2,1-2H3,(H,16,17,18)(H2,14,15,19,20)/t8-/m1/s1. The molecule has 0 aromatic carbocycles. The molecule has 0 saturated heterocycles. The third-order valence-electron chi connectivity index (χ3n) is 2.79. The van der Waals surface area contributed by atoms with Gasteiger partial charge in [-0.15, -0.1) is 16.4 Å². The van der Waals surface area contributed by atoms with Gasteiger partial charge in [0.1, 0.15) is 0 Å². The monoisotopic (exact) mass is 339 g/mol. The summed E-state index contributed by atoms with van der Waals surface area (Å²) in [4.78, 5) is 28.5. The summed E-state index contributed by atoms with van der Waals surface area (Å²) in [6, 6.07) is 3.42. The summed E-state index contributed by atoms with van der Waals surface area (Å²) >= 11 is 2.73. The molecule has 0 aliphatic heterocycles. The Labute approximate surface area is 136 Å². The molecule has 9 heteroatoms. The highest BCUT2D eigenvalue weighted by molar-refractivity contribution is 7.99. The third-order valence-corrected chi connectivity index (χ3v) is 4.52. The number of carbonyl (C=O) groups is 2. The van der Waals surface area contributed by atoms with Crippen molar-refractivity contribution in [2.45, 2.75) is 31.5 Å². The highest BCUT2D eigenvalue weighted by Crippen LogP contribution is 2.22. The molecule has 2 aromatic rings. The Hall–Kier alpha value is -1.87. The van der Waals surface area contributed by atoms with E-state index in [0.717, 1.165) is 11.3 Å². The SMILES string of the molecule is CC[C@@H](C)NC(=O)NC(=O)CSc1n[nH]c(-c2cccs2)n1. The van der Waals surface area contributed by atoms with Crippen LogP contribution in [0.3, 0.4) is 0 Å². The van der Waals surface area contributed by atoms with Crippen LogP contribution in [0, 0.1) is 0 Å². The minimum atomic E-state index is -0.478. The first-order valence-corrected chi connectivity index (χ1v) is 8.64. The van der Waals surface area contributed by atoms with Crippen molar-refractivity contribution in [3.8, 4) is 10.7 Å². The highest BCUT2D eigenvalue weighted by atomic mass is 32.2. The zero-order valence-electron chi connectivity index (χ0n) is 12.3. The van der Waals surface area contributed by atoms with Gasteiger partial charge in [0.25, 0.3) is 0 Å². The lowest BCUT2D eigenvalue weighted by molar-refractivity contribution is -0.117. The van der Waals surface area contributed by atoms with E-state index in [1.54, 1.807) is 11.3 Å². The summed E-state index contributed by atoms with van der Waals surface area (Å²) in [7, 11) is 0. The number of aromatic amines is 1. The van der Waals surface area contributed by atoms with Crippen molar-refractivity contribution < 1.29 is 9.59 Å². The van der Waals surface area contributed by atoms with Gasteiger partial charge in [0, 0.05) is 6.04 Å². The number of carbonyl (C=O) groups excluding carboxylic acids is 2. The molecule has 0 aliphatic rings.